The first-order valence-electron chi connectivity index (χ1n) is 8.12. The molecule has 3 heteroatoms. The van der Waals surface area contributed by atoms with Gasteiger partial charge in [0.1, 0.15) is 5.52 Å². The summed E-state index contributed by atoms with van der Waals surface area (Å²) < 4.78 is 0. The summed E-state index contributed by atoms with van der Waals surface area (Å²) in [5, 5.41) is 0. The summed E-state index contributed by atoms with van der Waals surface area (Å²) in [4.78, 5) is 14.0. The van der Waals surface area contributed by atoms with Crippen molar-refractivity contribution in [1.29, 1.82) is 0 Å². The lowest BCUT2D eigenvalue weighted by Gasteiger charge is -2.10. The predicted molar refractivity (Wildman–Crippen MR) is 97.6 cm³/mol. The minimum atomic E-state index is 0.672. The zero-order valence-corrected chi connectivity index (χ0v) is 13.5. The standard InChI is InChI=1S/C21H17N3/c1-2-15-10-12-17(13-11-15)19-20(16-7-4-3-5-8-16)24-21-18(23-19)9-6-14-22-21/h3-14H,2H2,1H3. The molecule has 0 radical (unpaired) electrons. The average Bonchev–Trinajstić information content (AvgIpc) is 2.68. The molecule has 3 nitrogen and oxygen atoms in total. The number of hydrogen-bond acceptors (Lipinski definition) is 3. The molecule has 2 aromatic heterocycles. The summed E-state index contributed by atoms with van der Waals surface area (Å²) in [7, 11) is 0. The lowest BCUT2D eigenvalue weighted by atomic mass is 10.0. The van der Waals surface area contributed by atoms with Gasteiger partial charge in [0.25, 0.3) is 0 Å². The van der Waals surface area contributed by atoms with Gasteiger partial charge < -0.3 is 0 Å². The fourth-order valence-corrected chi connectivity index (χ4v) is 2.79. The van der Waals surface area contributed by atoms with Crippen molar-refractivity contribution in [2.24, 2.45) is 0 Å². The van der Waals surface area contributed by atoms with E-state index in [-0.39, 0.29) is 0 Å². The van der Waals surface area contributed by atoms with E-state index < -0.39 is 0 Å². The van der Waals surface area contributed by atoms with Gasteiger partial charge in [-0.15, -0.1) is 0 Å². The predicted octanol–water partition coefficient (Wildman–Crippen LogP) is 4.92. The molecule has 0 saturated heterocycles. The maximum atomic E-state index is 4.85. The molecule has 0 fully saturated rings. The Balaban J connectivity index is 1.97. The molecule has 0 atom stereocenters. The van der Waals surface area contributed by atoms with Crippen molar-refractivity contribution in [2.45, 2.75) is 13.3 Å². The number of hydrogen-bond donors (Lipinski definition) is 0. The van der Waals surface area contributed by atoms with Crippen LogP contribution in [0.15, 0.2) is 72.9 Å². The zero-order valence-electron chi connectivity index (χ0n) is 13.5. The van der Waals surface area contributed by atoms with E-state index in [1.54, 1.807) is 6.20 Å². The number of aryl methyl sites for hydroxylation is 1. The van der Waals surface area contributed by atoms with Gasteiger partial charge in [0.05, 0.1) is 11.4 Å². The lowest BCUT2D eigenvalue weighted by molar-refractivity contribution is 1.14. The van der Waals surface area contributed by atoms with E-state index in [0.717, 1.165) is 34.5 Å². The quantitative estimate of drug-likeness (QED) is 0.539. The van der Waals surface area contributed by atoms with Gasteiger partial charge in [-0.1, -0.05) is 61.5 Å². The second-order valence-corrected chi connectivity index (χ2v) is 5.68. The van der Waals surface area contributed by atoms with Gasteiger partial charge >= 0.3 is 0 Å². The Hall–Kier alpha value is -3.07. The summed E-state index contributed by atoms with van der Waals surface area (Å²) in [6.45, 7) is 2.16. The molecule has 0 spiro atoms. The van der Waals surface area contributed by atoms with Crippen LogP contribution >= 0.6 is 0 Å². The van der Waals surface area contributed by atoms with Crippen molar-refractivity contribution in [2.75, 3.05) is 0 Å². The van der Waals surface area contributed by atoms with Crippen LogP contribution in [0.25, 0.3) is 33.7 Å². The normalized spacial score (nSPS) is 10.9. The van der Waals surface area contributed by atoms with Crippen LogP contribution in [0.2, 0.25) is 0 Å². The van der Waals surface area contributed by atoms with Gasteiger partial charge in [-0.05, 0) is 24.1 Å². The van der Waals surface area contributed by atoms with Gasteiger partial charge in [-0.25, -0.2) is 15.0 Å². The van der Waals surface area contributed by atoms with Crippen molar-refractivity contribution >= 4 is 11.2 Å². The van der Waals surface area contributed by atoms with Crippen molar-refractivity contribution < 1.29 is 0 Å². The monoisotopic (exact) mass is 311 g/mol. The zero-order chi connectivity index (χ0) is 16.4. The Morgan fingerprint density at radius 1 is 0.708 bits per heavy atom. The van der Waals surface area contributed by atoms with Crippen LogP contribution in [0.4, 0.5) is 0 Å². The summed E-state index contributed by atoms with van der Waals surface area (Å²) in [6, 6.07) is 22.6. The highest BCUT2D eigenvalue weighted by atomic mass is 14.9. The first-order chi connectivity index (χ1) is 11.8. The number of fused-ring (bicyclic) bond motifs is 1. The molecule has 4 rings (SSSR count). The topological polar surface area (TPSA) is 38.7 Å². The molecular formula is C21H17N3. The molecule has 2 heterocycles. The van der Waals surface area contributed by atoms with Crippen LogP contribution in [0.5, 0.6) is 0 Å². The van der Waals surface area contributed by atoms with Crippen LogP contribution in [-0.2, 0) is 6.42 Å². The van der Waals surface area contributed by atoms with Gasteiger partial charge in [0.2, 0.25) is 0 Å². The SMILES string of the molecule is CCc1ccc(-c2nc3cccnc3nc2-c2ccccc2)cc1. The molecule has 116 valence electrons. The van der Waals surface area contributed by atoms with Crippen molar-refractivity contribution in [3.63, 3.8) is 0 Å². The summed E-state index contributed by atoms with van der Waals surface area (Å²) in [5.74, 6) is 0. The first-order valence-corrected chi connectivity index (χ1v) is 8.12. The van der Waals surface area contributed by atoms with Gasteiger partial charge in [0.15, 0.2) is 5.65 Å². The van der Waals surface area contributed by atoms with E-state index in [9.17, 15) is 0 Å². The van der Waals surface area contributed by atoms with Crippen molar-refractivity contribution in [3.05, 3.63) is 78.5 Å². The highest BCUT2D eigenvalue weighted by molar-refractivity contribution is 5.84. The molecule has 0 N–H and O–H groups in total. The molecule has 0 amide bonds. The third kappa shape index (κ3) is 2.65. The first kappa shape index (κ1) is 14.5. The summed E-state index contributed by atoms with van der Waals surface area (Å²) in [5.41, 5.74) is 6.68. The number of nitrogens with zero attached hydrogens (tertiary/aromatic N) is 3. The molecule has 4 aromatic rings. The highest BCUT2D eigenvalue weighted by Crippen LogP contribution is 2.30. The molecular weight excluding hydrogens is 294 g/mol. The number of pyridine rings is 1. The molecule has 0 aliphatic heterocycles. The molecule has 0 unspecified atom stereocenters. The van der Waals surface area contributed by atoms with Crippen molar-refractivity contribution in [1.82, 2.24) is 15.0 Å². The van der Waals surface area contributed by atoms with E-state index in [0.29, 0.717) is 5.65 Å². The van der Waals surface area contributed by atoms with Crippen LogP contribution < -0.4 is 0 Å². The lowest BCUT2D eigenvalue weighted by Crippen LogP contribution is -1.96. The molecule has 0 aliphatic rings. The maximum Gasteiger partial charge on any atom is 0.178 e. The van der Waals surface area contributed by atoms with Crippen molar-refractivity contribution in [3.8, 4) is 22.5 Å². The fourth-order valence-electron chi connectivity index (χ4n) is 2.79. The minimum Gasteiger partial charge on any atom is -0.242 e. The maximum absolute atomic E-state index is 4.85. The Kier molecular flexibility index (Phi) is 3.75. The van der Waals surface area contributed by atoms with E-state index in [1.807, 2.05) is 30.3 Å². The second-order valence-electron chi connectivity index (χ2n) is 5.68. The Morgan fingerprint density at radius 2 is 1.42 bits per heavy atom. The van der Waals surface area contributed by atoms with Gasteiger partial charge in [-0.2, -0.15) is 0 Å². The third-order valence-electron chi connectivity index (χ3n) is 4.12. The van der Waals surface area contributed by atoms with Gasteiger partial charge in [-0.3, -0.25) is 0 Å². The van der Waals surface area contributed by atoms with E-state index in [1.165, 1.54) is 5.56 Å². The average molecular weight is 311 g/mol. The second kappa shape index (κ2) is 6.20. The highest BCUT2D eigenvalue weighted by Gasteiger charge is 2.13. The minimum absolute atomic E-state index is 0.672. The van der Waals surface area contributed by atoms with Crippen LogP contribution in [-0.4, -0.2) is 15.0 Å². The Bertz CT molecular complexity index is 977. The molecule has 0 saturated carbocycles. The summed E-state index contributed by atoms with van der Waals surface area (Å²) >= 11 is 0. The smallest absolute Gasteiger partial charge is 0.178 e. The van der Waals surface area contributed by atoms with E-state index >= 15 is 0 Å². The molecule has 2 aromatic carbocycles. The Morgan fingerprint density at radius 3 is 2.17 bits per heavy atom. The molecule has 24 heavy (non-hydrogen) atoms. The Labute approximate surface area is 141 Å². The third-order valence-corrected chi connectivity index (χ3v) is 4.12. The van der Waals surface area contributed by atoms with E-state index in [4.69, 9.17) is 9.97 Å². The largest absolute Gasteiger partial charge is 0.242 e. The van der Waals surface area contributed by atoms with Gasteiger partial charge in [0, 0.05) is 17.3 Å². The number of benzene rings is 2. The number of rotatable bonds is 3. The van der Waals surface area contributed by atoms with E-state index in [2.05, 4.69) is 48.3 Å². The molecule has 0 aliphatic carbocycles. The summed E-state index contributed by atoms with van der Waals surface area (Å²) in [6.07, 6.45) is 2.78. The van der Waals surface area contributed by atoms with Crippen LogP contribution in [0.1, 0.15) is 12.5 Å². The fraction of sp³-hybridized carbons (Fsp3) is 0.0952. The van der Waals surface area contributed by atoms with Crippen LogP contribution in [0.3, 0.4) is 0 Å². The van der Waals surface area contributed by atoms with Crippen LogP contribution in [0, 0.1) is 0 Å². The molecule has 0 bridgehead atoms. The number of aromatic nitrogens is 3.